The van der Waals surface area contributed by atoms with Crippen molar-refractivity contribution >= 4 is 59.6 Å². The Morgan fingerprint density at radius 3 is 0.943 bits per heavy atom. The van der Waals surface area contributed by atoms with Crippen molar-refractivity contribution in [2.75, 3.05) is 23.7 Å². The van der Waals surface area contributed by atoms with E-state index in [1.807, 2.05) is 0 Å². The fourth-order valence-electron chi connectivity index (χ4n) is 6.44. The maximum Gasteiger partial charge on any atom is 0.133 e. The number of rotatable bonds is 14. The topological polar surface area (TPSA) is 48.8 Å². The average molecular weight is 733 g/mol. The predicted octanol–water partition coefficient (Wildman–Crippen LogP) is 10.6. The van der Waals surface area contributed by atoms with Crippen LogP contribution in [0, 0.1) is 27.7 Å². The summed E-state index contributed by atoms with van der Waals surface area (Å²) in [7, 11) is -1.74. The fourth-order valence-corrected chi connectivity index (χ4v) is 10.8. The minimum Gasteiger partial charge on any atom is -0.339 e. The summed E-state index contributed by atoms with van der Waals surface area (Å²) in [4.78, 5) is 10.7. The van der Waals surface area contributed by atoms with Gasteiger partial charge in [-0.2, -0.15) is 0 Å². The molecule has 0 aliphatic rings. The van der Waals surface area contributed by atoms with Crippen molar-refractivity contribution in [3.63, 3.8) is 0 Å². The Labute approximate surface area is 319 Å². The van der Waals surface area contributed by atoms with E-state index >= 15 is 0 Å². The third-order valence-corrected chi connectivity index (χ3v) is 13.9. The maximum absolute atomic E-state index is 5.36. The number of amidine groups is 2. The lowest BCUT2D eigenvalue weighted by molar-refractivity contribution is 0.697. The number of anilines is 2. The van der Waals surface area contributed by atoms with Crippen molar-refractivity contribution in [1.82, 2.24) is 0 Å². The molecule has 0 unspecified atom stereocenters. The molecule has 0 aliphatic heterocycles. The molecule has 0 amide bonds. The van der Waals surface area contributed by atoms with Crippen LogP contribution in [0.3, 0.4) is 0 Å². The van der Waals surface area contributed by atoms with Gasteiger partial charge in [0.1, 0.15) is 11.2 Å². The van der Waals surface area contributed by atoms with Crippen molar-refractivity contribution in [3.8, 4) is 0 Å². The Hall–Kier alpha value is -4.88. The standard InChI is InChI=1S/C47H50N4P2/c1-36-22-20-23-37(2)44(36)50-46(52(40-26-10-5-11-27-40)41-28-12-6-13-29-41)48-34-18-9-19-35-49-47(51-45-38(3)24-21-25-39(45)4)53(42-30-14-7-15-31-42)43-32-16-8-17-33-43/h5-8,10-17,20-33H,9,18-19,34-35H2,1-4H3,(H,48,50)(H,49,51). The van der Waals surface area contributed by atoms with Crippen LogP contribution >= 0.6 is 15.8 Å². The second kappa shape index (κ2) is 19.3. The Balaban J connectivity index is 1.23. The molecule has 0 aromatic heterocycles. The third-order valence-electron chi connectivity index (χ3n) is 9.26. The third kappa shape index (κ3) is 10.2. The lowest BCUT2D eigenvalue weighted by Gasteiger charge is -2.24. The molecule has 0 saturated heterocycles. The highest BCUT2D eigenvalue weighted by Crippen LogP contribution is 2.38. The molecule has 4 nitrogen and oxygen atoms in total. The monoisotopic (exact) mass is 732 g/mol. The molecule has 2 N–H and O–H groups in total. The smallest absolute Gasteiger partial charge is 0.133 e. The molecule has 6 rings (SSSR count). The van der Waals surface area contributed by atoms with Crippen molar-refractivity contribution in [2.45, 2.75) is 47.0 Å². The van der Waals surface area contributed by atoms with E-state index in [1.54, 1.807) is 0 Å². The van der Waals surface area contributed by atoms with Gasteiger partial charge in [0, 0.05) is 40.3 Å². The summed E-state index contributed by atoms with van der Waals surface area (Å²) in [6, 6.07) is 56.3. The number of unbranched alkanes of at least 4 members (excludes halogenated alkanes) is 2. The van der Waals surface area contributed by atoms with Crippen LogP contribution in [0.1, 0.15) is 41.5 Å². The van der Waals surface area contributed by atoms with Gasteiger partial charge in [0.2, 0.25) is 0 Å². The molecule has 268 valence electrons. The quantitative estimate of drug-likeness (QED) is 0.0507. The van der Waals surface area contributed by atoms with Crippen LogP contribution in [0.5, 0.6) is 0 Å². The molecular weight excluding hydrogens is 682 g/mol. The number of nitrogens with one attached hydrogen (secondary N) is 2. The fraction of sp³-hybridized carbons (Fsp3) is 0.191. The van der Waals surface area contributed by atoms with E-state index in [4.69, 9.17) is 9.98 Å². The summed E-state index contributed by atoms with van der Waals surface area (Å²) in [6.45, 7) is 10.2. The number of aliphatic imine (C=N–C) groups is 2. The molecule has 6 aromatic rings. The number of hydrogen-bond donors (Lipinski definition) is 2. The number of benzene rings is 6. The van der Waals surface area contributed by atoms with Gasteiger partial charge in [-0.3, -0.25) is 9.98 Å². The molecule has 0 bridgehead atoms. The van der Waals surface area contributed by atoms with Crippen LogP contribution in [0.4, 0.5) is 11.4 Å². The van der Waals surface area contributed by atoms with E-state index in [0.717, 1.165) is 54.9 Å². The zero-order valence-electron chi connectivity index (χ0n) is 31.3. The SMILES string of the molecule is Cc1cccc(C)c1NC(=NCCCCCN=C(Nc1c(C)cccc1C)P(c1ccccc1)c1ccccc1)P(c1ccccc1)c1ccccc1. The first-order valence-electron chi connectivity index (χ1n) is 18.6. The number of hydrogen-bond acceptors (Lipinski definition) is 2. The van der Waals surface area contributed by atoms with Gasteiger partial charge >= 0.3 is 0 Å². The van der Waals surface area contributed by atoms with Crippen LogP contribution in [0.2, 0.25) is 0 Å². The lowest BCUT2D eigenvalue weighted by atomic mass is 10.1. The highest BCUT2D eigenvalue weighted by molar-refractivity contribution is 7.88. The minimum absolute atomic E-state index is 0.754. The van der Waals surface area contributed by atoms with E-state index in [2.05, 4.69) is 196 Å². The summed E-state index contributed by atoms with van der Waals surface area (Å²) in [6.07, 6.45) is 3.03. The molecule has 0 fully saturated rings. The van der Waals surface area contributed by atoms with E-state index < -0.39 is 15.8 Å². The van der Waals surface area contributed by atoms with Gasteiger partial charge < -0.3 is 10.6 Å². The Kier molecular flexibility index (Phi) is 13.8. The van der Waals surface area contributed by atoms with Gasteiger partial charge in [0.05, 0.1) is 0 Å². The Bertz CT molecular complexity index is 1830. The van der Waals surface area contributed by atoms with Crippen molar-refractivity contribution < 1.29 is 0 Å². The van der Waals surface area contributed by atoms with E-state index in [-0.39, 0.29) is 0 Å². The van der Waals surface area contributed by atoms with Crippen molar-refractivity contribution in [1.29, 1.82) is 0 Å². The number of aryl methyl sites for hydroxylation is 4. The molecule has 0 aliphatic carbocycles. The van der Waals surface area contributed by atoms with Gasteiger partial charge in [-0.15, -0.1) is 0 Å². The van der Waals surface area contributed by atoms with Crippen LogP contribution in [0.25, 0.3) is 0 Å². The van der Waals surface area contributed by atoms with E-state index in [1.165, 1.54) is 43.5 Å². The zero-order valence-corrected chi connectivity index (χ0v) is 33.1. The highest BCUT2D eigenvalue weighted by Gasteiger charge is 2.23. The molecule has 53 heavy (non-hydrogen) atoms. The van der Waals surface area contributed by atoms with Gasteiger partial charge in [-0.05, 0) is 90.4 Å². The second-order valence-corrected chi connectivity index (χ2v) is 17.5. The van der Waals surface area contributed by atoms with E-state index in [9.17, 15) is 0 Å². The molecule has 0 saturated carbocycles. The summed E-state index contributed by atoms with van der Waals surface area (Å²) in [5.74, 6) is 0. The summed E-state index contributed by atoms with van der Waals surface area (Å²) >= 11 is 0. The first-order chi connectivity index (χ1) is 26.0. The van der Waals surface area contributed by atoms with Gasteiger partial charge in [0.15, 0.2) is 0 Å². The maximum atomic E-state index is 5.36. The lowest BCUT2D eigenvalue weighted by Crippen LogP contribution is -2.24. The Morgan fingerprint density at radius 1 is 0.377 bits per heavy atom. The zero-order chi connectivity index (χ0) is 36.8. The normalized spacial score (nSPS) is 12.0. The predicted molar refractivity (Wildman–Crippen MR) is 236 cm³/mol. The van der Waals surface area contributed by atoms with Gasteiger partial charge in [0.25, 0.3) is 0 Å². The molecular formula is C47H50N4P2. The summed E-state index contributed by atoms with van der Waals surface area (Å²) in [5, 5.41) is 12.9. The summed E-state index contributed by atoms with van der Waals surface area (Å²) < 4.78 is 0. The summed E-state index contributed by atoms with van der Waals surface area (Å²) in [5.41, 5.74) is 9.29. The van der Waals surface area contributed by atoms with Crippen LogP contribution < -0.4 is 31.9 Å². The van der Waals surface area contributed by atoms with Gasteiger partial charge in [-0.25, -0.2) is 0 Å². The molecule has 0 spiro atoms. The van der Waals surface area contributed by atoms with E-state index in [0.29, 0.717) is 0 Å². The van der Waals surface area contributed by atoms with Gasteiger partial charge in [-0.1, -0.05) is 158 Å². The first kappa shape index (κ1) is 37.9. The molecule has 0 heterocycles. The van der Waals surface area contributed by atoms with Crippen molar-refractivity contribution in [3.05, 3.63) is 180 Å². The average Bonchev–Trinajstić information content (AvgIpc) is 3.19. The first-order valence-corrected chi connectivity index (χ1v) is 21.2. The van der Waals surface area contributed by atoms with Crippen molar-refractivity contribution in [2.24, 2.45) is 9.98 Å². The highest BCUT2D eigenvalue weighted by atomic mass is 31.1. The van der Waals surface area contributed by atoms with Crippen LogP contribution in [0.15, 0.2) is 168 Å². The molecule has 0 radical (unpaired) electrons. The largest absolute Gasteiger partial charge is 0.339 e. The molecule has 6 aromatic carbocycles. The second-order valence-electron chi connectivity index (χ2n) is 13.3. The number of para-hydroxylation sites is 2. The number of nitrogens with zero attached hydrogens (tertiary/aromatic N) is 2. The minimum atomic E-state index is -0.870. The van der Waals surface area contributed by atoms with Crippen LogP contribution in [-0.4, -0.2) is 24.2 Å². The molecule has 6 heteroatoms. The van der Waals surface area contributed by atoms with Crippen LogP contribution in [-0.2, 0) is 0 Å². The Morgan fingerprint density at radius 2 is 0.660 bits per heavy atom. The molecule has 0 atom stereocenters.